The Morgan fingerprint density at radius 1 is 1.00 bits per heavy atom. The summed E-state index contributed by atoms with van der Waals surface area (Å²) in [7, 11) is 0. The molecule has 0 spiro atoms. The minimum atomic E-state index is 0.0260. The number of nitrogens with zero attached hydrogens (tertiary/aromatic N) is 1. The van der Waals surface area contributed by atoms with E-state index in [0.29, 0.717) is 5.02 Å². The smallest absolute Gasteiger partial charge is 0.232 e. The van der Waals surface area contributed by atoms with Crippen LogP contribution in [0.3, 0.4) is 0 Å². The summed E-state index contributed by atoms with van der Waals surface area (Å²) in [5.41, 5.74) is 2.07. The molecule has 0 bridgehead atoms. The molecule has 0 unspecified atom stereocenters. The van der Waals surface area contributed by atoms with Gasteiger partial charge in [-0.2, -0.15) is 0 Å². The number of amides is 1. The van der Waals surface area contributed by atoms with E-state index in [1.165, 1.54) is 5.56 Å². The Morgan fingerprint density at radius 3 is 2.26 bits per heavy atom. The number of rotatable bonds is 2. The van der Waals surface area contributed by atoms with Crippen LogP contribution in [-0.2, 0) is 4.79 Å². The first-order valence-electron chi connectivity index (χ1n) is 6.32. The van der Waals surface area contributed by atoms with Crippen molar-refractivity contribution in [2.75, 3.05) is 4.90 Å². The SMILES string of the molecule is C[C@@H]1C(=O)N(c2ccc(Cl)cc2)[C@@H]1c1ccccc1. The van der Waals surface area contributed by atoms with Crippen LogP contribution in [-0.4, -0.2) is 5.91 Å². The third-order valence-electron chi connectivity index (χ3n) is 3.62. The lowest BCUT2D eigenvalue weighted by Gasteiger charge is -2.46. The molecule has 0 aliphatic carbocycles. The van der Waals surface area contributed by atoms with Gasteiger partial charge < -0.3 is 4.90 Å². The minimum Gasteiger partial charge on any atom is -0.304 e. The molecule has 1 heterocycles. The molecular weight excluding hydrogens is 258 g/mol. The van der Waals surface area contributed by atoms with Gasteiger partial charge in [0.25, 0.3) is 0 Å². The van der Waals surface area contributed by atoms with Crippen molar-refractivity contribution in [3.8, 4) is 0 Å². The molecule has 96 valence electrons. The van der Waals surface area contributed by atoms with Crippen LogP contribution < -0.4 is 4.90 Å². The number of carbonyl (C=O) groups is 1. The molecule has 3 heteroatoms. The minimum absolute atomic E-state index is 0.0260. The van der Waals surface area contributed by atoms with Gasteiger partial charge in [-0.1, -0.05) is 48.9 Å². The lowest BCUT2D eigenvalue weighted by molar-refractivity contribution is -0.129. The molecule has 2 aromatic rings. The van der Waals surface area contributed by atoms with Crippen molar-refractivity contribution in [2.45, 2.75) is 13.0 Å². The average molecular weight is 272 g/mol. The standard InChI is InChI=1S/C16H14ClNO/c1-11-15(12-5-3-2-4-6-12)18(16(11)19)14-9-7-13(17)8-10-14/h2-11,15H,1H3/t11-,15-/m0/s1. The quantitative estimate of drug-likeness (QED) is 0.754. The van der Waals surface area contributed by atoms with E-state index in [9.17, 15) is 4.79 Å². The number of anilines is 1. The van der Waals surface area contributed by atoms with Gasteiger partial charge in [0.2, 0.25) is 5.91 Å². The van der Waals surface area contributed by atoms with Gasteiger partial charge in [0.15, 0.2) is 0 Å². The summed E-state index contributed by atoms with van der Waals surface area (Å²) in [4.78, 5) is 14.0. The lowest BCUT2D eigenvalue weighted by Crippen LogP contribution is -2.54. The lowest BCUT2D eigenvalue weighted by atomic mass is 9.83. The van der Waals surface area contributed by atoms with Gasteiger partial charge >= 0.3 is 0 Å². The zero-order valence-electron chi connectivity index (χ0n) is 10.6. The highest BCUT2D eigenvalue weighted by Crippen LogP contribution is 2.43. The number of β-lactam (4-membered cyclic amide) rings is 1. The van der Waals surface area contributed by atoms with Crippen molar-refractivity contribution in [1.82, 2.24) is 0 Å². The van der Waals surface area contributed by atoms with E-state index in [1.54, 1.807) is 0 Å². The van der Waals surface area contributed by atoms with Crippen molar-refractivity contribution >= 4 is 23.2 Å². The van der Waals surface area contributed by atoms with Gasteiger partial charge in [-0.15, -0.1) is 0 Å². The Labute approximate surface area is 117 Å². The van der Waals surface area contributed by atoms with Crippen molar-refractivity contribution in [3.05, 3.63) is 65.2 Å². The van der Waals surface area contributed by atoms with Gasteiger partial charge in [0.1, 0.15) is 0 Å². The zero-order valence-corrected chi connectivity index (χ0v) is 11.3. The van der Waals surface area contributed by atoms with Crippen LogP contribution in [0.2, 0.25) is 5.02 Å². The maximum atomic E-state index is 12.1. The fourth-order valence-electron chi connectivity index (χ4n) is 2.61. The summed E-state index contributed by atoms with van der Waals surface area (Å²) in [6.07, 6.45) is 0. The molecule has 0 saturated carbocycles. The molecule has 2 nitrogen and oxygen atoms in total. The molecule has 1 amide bonds. The van der Waals surface area contributed by atoms with Crippen LogP contribution in [0.1, 0.15) is 18.5 Å². The summed E-state index contributed by atoms with van der Waals surface area (Å²) in [6.45, 7) is 1.98. The highest BCUT2D eigenvalue weighted by molar-refractivity contribution is 6.30. The Hall–Kier alpha value is -1.80. The van der Waals surface area contributed by atoms with Gasteiger partial charge in [-0.05, 0) is 29.8 Å². The highest BCUT2D eigenvalue weighted by Gasteiger charge is 2.45. The van der Waals surface area contributed by atoms with Gasteiger partial charge in [0.05, 0.1) is 12.0 Å². The monoisotopic (exact) mass is 271 g/mol. The predicted molar refractivity (Wildman–Crippen MR) is 77.3 cm³/mol. The van der Waals surface area contributed by atoms with Crippen molar-refractivity contribution < 1.29 is 4.79 Å². The van der Waals surface area contributed by atoms with E-state index >= 15 is 0 Å². The summed E-state index contributed by atoms with van der Waals surface area (Å²) >= 11 is 5.89. The second-order valence-corrected chi connectivity index (χ2v) is 5.27. The maximum absolute atomic E-state index is 12.1. The number of halogens is 1. The molecule has 1 aliphatic heterocycles. The molecule has 19 heavy (non-hydrogen) atoms. The summed E-state index contributed by atoms with van der Waals surface area (Å²) in [6, 6.07) is 17.7. The fourth-order valence-corrected chi connectivity index (χ4v) is 2.74. The topological polar surface area (TPSA) is 20.3 Å². The molecule has 1 aliphatic rings. The van der Waals surface area contributed by atoms with Crippen LogP contribution in [0.25, 0.3) is 0 Å². The van der Waals surface area contributed by atoms with Crippen LogP contribution in [0, 0.1) is 5.92 Å². The van der Waals surface area contributed by atoms with E-state index in [-0.39, 0.29) is 17.9 Å². The molecular formula is C16H14ClNO. The normalized spacial score (nSPS) is 22.2. The van der Waals surface area contributed by atoms with E-state index < -0.39 is 0 Å². The maximum Gasteiger partial charge on any atom is 0.232 e. The third-order valence-corrected chi connectivity index (χ3v) is 3.88. The summed E-state index contributed by atoms with van der Waals surface area (Å²) in [5.74, 6) is 0.189. The number of benzene rings is 2. The third kappa shape index (κ3) is 2.02. The van der Waals surface area contributed by atoms with E-state index in [2.05, 4.69) is 12.1 Å². The second kappa shape index (κ2) is 4.71. The van der Waals surface area contributed by atoms with Gasteiger partial charge in [-0.25, -0.2) is 0 Å². The first kappa shape index (κ1) is 12.2. The van der Waals surface area contributed by atoms with Crippen LogP contribution in [0.15, 0.2) is 54.6 Å². The van der Waals surface area contributed by atoms with E-state index in [1.807, 2.05) is 54.3 Å². The molecule has 0 N–H and O–H groups in total. The second-order valence-electron chi connectivity index (χ2n) is 4.83. The predicted octanol–water partition coefficient (Wildman–Crippen LogP) is 4.06. The molecule has 3 rings (SSSR count). The van der Waals surface area contributed by atoms with E-state index in [0.717, 1.165) is 5.69 Å². The Balaban J connectivity index is 1.96. The van der Waals surface area contributed by atoms with Gasteiger partial charge in [0, 0.05) is 10.7 Å². The van der Waals surface area contributed by atoms with Crippen molar-refractivity contribution in [2.24, 2.45) is 5.92 Å². The van der Waals surface area contributed by atoms with E-state index in [4.69, 9.17) is 11.6 Å². The Kier molecular flexibility index (Phi) is 3.03. The molecule has 2 aromatic carbocycles. The first-order chi connectivity index (χ1) is 9.18. The van der Waals surface area contributed by atoms with Crippen molar-refractivity contribution in [1.29, 1.82) is 0 Å². The molecule has 1 fully saturated rings. The number of hydrogen-bond acceptors (Lipinski definition) is 1. The van der Waals surface area contributed by atoms with Crippen LogP contribution in [0.5, 0.6) is 0 Å². The highest BCUT2D eigenvalue weighted by atomic mass is 35.5. The Bertz CT molecular complexity index is 594. The van der Waals surface area contributed by atoms with Crippen molar-refractivity contribution in [3.63, 3.8) is 0 Å². The number of carbonyl (C=O) groups excluding carboxylic acids is 1. The zero-order chi connectivity index (χ0) is 13.4. The average Bonchev–Trinajstić information content (AvgIpc) is 2.46. The first-order valence-corrected chi connectivity index (χ1v) is 6.70. The van der Waals surface area contributed by atoms with Crippen LogP contribution >= 0.6 is 11.6 Å². The molecule has 0 radical (unpaired) electrons. The van der Waals surface area contributed by atoms with Gasteiger partial charge in [-0.3, -0.25) is 4.79 Å². The number of hydrogen-bond donors (Lipinski definition) is 0. The Morgan fingerprint density at radius 2 is 1.63 bits per heavy atom. The summed E-state index contributed by atoms with van der Waals surface area (Å²) < 4.78 is 0. The molecule has 1 saturated heterocycles. The largest absolute Gasteiger partial charge is 0.304 e. The summed E-state index contributed by atoms with van der Waals surface area (Å²) in [5, 5.41) is 0.682. The molecule has 2 atom stereocenters. The van der Waals surface area contributed by atoms with Crippen LogP contribution in [0.4, 0.5) is 5.69 Å². The fraction of sp³-hybridized carbons (Fsp3) is 0.188. The molecule has 0 aromatic heterocycles.